The molecular formula is C18H19Cl2N4O2+. The van der Waals surface area contributed by atoms with E-state index < -0.39 is 0 Å². The minimum absolute atomic E-state index is 0.0575. The summed E-state index contributed by atoms with van der Waals surface area (Å²) in [7, 11) is 0. The van der Waals surface area contributed by atoms with Gasteiger partial charge in [-0.15, -0.1) is 0 Å². The van der Waals surface area contributed by atoms with Gasteiger partial charge in [-0.2, -0.15) is 0 Å². The molecule has 0 bridgehead atoms. The molecule has 136 valence electrons. The van der Waals surface area contributed by atoms with Crippen LogP contribution in [0.2, 0.25) is 10.0 Å². The molecule has 2 N–H and O–H groups in total. The van der Waals surface area contributed by atoms with Crippen LogP contribution in [0.5, 0.6) is 0 Å². The van der Waals surface area contributed by atoms with Crippen molar-refractivity contribution in [3.63, 3.8) is 0 Å². The molecule has 0 radical (unpaired) electrons. The lowest BCUT2D eigenvalue weighted by molar-refractivity contribution is -0.377. The van der Waals surface area contributed by atoms with Gasteiger partial charge in [0.15, 0.2) is 12.4 Å². The summed E-state index contributed by atoms with van der Waals surface area (Å²) in [6.07, 6.45) is 3.76. The Morgan fingerprint density at radius 3 is 2.38 bits per heavy atom. The van der Waals surface area contributed by atoms with Gasteiger partial charge in [0, 0.05) is 49.0 Å². The molecule has 26 heavy (non-hydrogen) atoms. The lowest BCUT2D eigenvalue weighted by Gasteiger charge is -2.35. The first kappa shape index (κ1) is 18.5. The van der Waals surface area contributed by atoms with Gasteiger partial charge in [-0.1, -0.05) is 23.2 Å². The molecule has 6 nitrogen and oxygen atoms in total. The van der Waals surface area contributed by atoms with Gasteiger partial charge in [0.1, 0.15) is 0 Å². The van der Waals surface area contributed by atoms with Crippen molar-refractivity contribution < 1.29 is 14.6 Å². The molecule has 1 fully saturated rings. The molecule has 0 spiro atoms. The monoisotopic (exact) mass is 393 g/mol. The predicted molar refractivity (Wildman–Crippen MR) is 101 cm³/mol. The fourth-order valence-electron chi connectivity index (χ4n) is 2.84. The van der Waals surface area contributed by atoms with Gasteiger partial charge in [-0.3, -0.25) is 9.59 Å². The van der Waals surface area contributed by atoms with Crippen LogP contribution in [0.25, 0.3) is 0 Å². The molecule has 8 heteroatoms. The van der Waals surface area contributed by atoms with Gasteiger partial charge in [-0.25, -0.2) is 4.98 Å². The second-order valence-corrected chi connectivity index (χ2v) is 6.78. The van der Waals surface area contributed by atoms with E-state index in [9.17, 15) is 9.59 Å². The molecule has 1 aliphatic heterocycles. The van der Waals surface area contributed by atoms with Gasteiger partial charge < -0.3 is 15.1 Å². The number of halogens is 2. The molecule has 1 saturated heterocycles. The highest BCUT2D eigenvalue weighted by atomic mass is 35.5. The average molecular weight is 394 g/mol. The third-order valence-electron chi connectivity index (χ3n) is 4.27. The summed E-state index contributed by atoms with van der Waals surface area (Å²) in [6, 6.07) is 8.65. The summed E-state index contributed by atoms with van der Waals surface area (Å²) in [4.78, 5) is 31.5. The zero-order valence-corrected chi connectivity index (χ0v) is 15.6. The van der Waals surface area contributed by atoms with Gasteiger partial charge in [0.05, 0.1) is 17.1 Å². The average Bonchev–Trinajstić information content (AvgIpc) is 2.66. The number of carbonyl (C=O) groups is 2. The van der Waals surface area contributed by atoms with Crippen molar-refractivity contribution in [1.82, 2.24) is 10.2 Å². The first-order valence-corrected chi connectivity index (χ1v) is 9.02. The second-order valence-electron chi connectivity index (χ2n) is 5.93. The number of amides is 2. The topological polar surface area (TPSA) is 66.8 Å². The Bertz CT molecular complexity index is 793. The van der Waals surface area contributed by atoms with Crippen LogP contribution in [0.1, 0.15) is 10.4 Å². The fourth-order valence-corrected chi connectivity index (χ4v) is 3.33. The van der Waals surface area contributed by atoms with Gasteiger partial charge >= 0.3 is 0 Å². The maximum Gasteiger partial charge on any atom is 0.253 e. The van der Waals surface area contributed by atoms with Crippen molar-refractivity contribution in [3.05, 3.63) is 58.3 Å². The van der Waals surface area contributed by atoms with E-state index in [4.69, 9.17) is 23.2 Å². The molecular weight excluding hydrogens is 375 g/mol. The Kier molecular flexibility index (Phi) is 5.96. The smallest absolute Gasteiger partial charge is 0.253 e. The molecule has 0 aliphatic carbocycles. The van der Waals surface area contributed by atoms with Crippen molar-refractivity contribution in [2.45, 2.75) is 0 Å². The number of piperazine rings is 1. The molecule has 1 aromatic carbocycles. The first-order valence-electron chi connectivity index (χ1n) is 8.26. The fraction of sp³-hybridized carbons (Fsp3) is 0.278. The molecule has 2 amide bonds. The summed E-state index contributed by atoms with van der Waals surface area (Å²) in [5.74, 6) is -0.497. The van der Waals surface area contributed by atoms with Crippen LogP contribution in [0.15, 0.2) is 42.7 Å². The van der Waals surface area contributed by atoms with Crippen LogP contribution >= 0.6 is 23.2 Å². The van der Waals surface area contributed by atoms with E-state index in [1.807, 2.05) is 24.5 Å². The quantitative estimate of drug-likeness (QED) is 0.862. The number of hydrogen-bond donors (Lipinski definition) is 1. The summed E-state index contributed by atoms with van der Waals surface area (Å²) in [5, 5.41) is 3.34. The van der Waals surface area contributed by atoms with Crippen LogP contribution in [0.3, 0.4) is 0 Å². The predicted octanol–water partition coefficient (Wildman–Crippen LogP) is 1.89. The zero-order chi connectivity index (χ0) is 18.5. The van der Waals surface area contributed by atoms with E-state index in [1.165, 1.54) is 6.07 Å². The van der Waals surface area contributed by atoms with Crippen molar-refractivity contribution in [3.8, 4) is 0 Å². The van der Waals surface area contributed by atoms with E-state index in [2.05, 4.69) is 15.2 Å². The van der Waals surface area contributed by atoms with Crippen molar-refractivity contribution in [2.75, 3.05) is 37.6 Å². The molecule has 0 saturated carbocycles. The number of rotatable bonds is 4. The number of benzene rings is 1. The normalized spacial score (nSPS) is 14.2. The molecule has 0 unspecified atom stereocenters. The summed E-state index contributed by atoms with van der Waals surface area (Å²) < 4.78 is 0. The Balaban J connectivity index is 1.49. The number of hydrogen-bond acceptors (Lipinski definition) is 3. The number of pyridine rings is 1. The Morgan fingerprint density at radius 2 is 1.73 bits per heavy atom. The highest BCUT2D eigenvalue weighted by Gasteiger charge is 2.22. The molecule has 3 rings (SSSR count). The largest absolute Gasteiger partial charge is 0.368 e. The number of carbonyl (C=O) groups excluding carboxylic acids is 2. The minimum Gasteiger partial charge on any atom is -0.368 e. The van der Waals surface area contributed by atoms with E-state index in [1.54, 1.807) is 17.0 Å². The lowest BCUT2D eigenvalue weighted by Crippen LogP contribution is -2.51. The molecule has 2 heterocycles. The minimum atomic E-state index is -0.390. The van der Waals surface area contributed by atoms with Gasteiger partial charge in [0.25, 0.3) is 5.91 Å². The maximum absolute atomic E-state index is 12.3. The van der Waals surface area contributed by atoms with Crippen LogP contribution in [0.4, 0.5) is 5.69 Å². The van der Waals surface area contributed by atoms with Crippen molar-refractivity contribution in [2.24, 2.45) is 0 Å². The lowest BCUT2D eigenvalue weighted by atomic mass is 10.2. The number of H-pyrrole nitrogens is 1. The van der Waals surface area contributed by atoms with E-state index in [0.717, 1.165) is 18.8 Å². The number of anilines is 1. The molecule has 2 aromatic rings. The highest BCUT2D eigenvalue weighted by Crippen LogP contribution is 2.20. The SMILES string of the molecule is O=C(NCC(=O)N1CCN(c2cc[nH+]cc2)CC1)c1ccc(Cl)cc1Cl. The standard InChI is InChI=1S/C18H18Cl2N4O2/c19-13-1-2-15(16(20)11-13)18(26)22-12-17(25)24-9-7-23(8-10-24)14-3-5-21-6-4-14/h1-6,11H,7-10,12H2,(H,22,26)/p+1. The first-order chi connectivity index (χ1) is 12.5. The van der Waals surface area contributed by atoms with Crippen LogP contribution in [-0.2, 0) is 4.79 Å². The molecule has 0 atom stereocenters. The number of nitrogens with one attached hydrogen (secondary N) is 2. The summed E-state index contributed by atoms with van der Waals surface area (Å²) in [5.41, 5.74) is 1.43. The van der Waals surface area contributed by atoms with Crippen LogP contribution in [0, 0.1) is 0 Å². The number of aromatic nitrogens is 1. The maximum atomic E-state index is 12.3. The van der Waals surface area contributed by atoms with Crippen LogP contribution in [-0.4, -0.2) is 49.4 Å². The zero-order valence-electron chi connectivity index (χ0n) is 14.0. The third-order valence-corrected chi connectivity index (χ3v) is 4.82. The Hall–Kier alpha value is -2.31. The summed E-state index contributed by atoms with van der Waals surface area (Å²) >= 11 is 11.8. The van der Waals surface area contributed by atoms with E-state index >= 15 is 0 Å². The highest BCUT2D eigenvalue weighted by molar-refractivity contribution is 6.36. The second kappa shape index (κ2) is 8.38. The van der Waals surface area contributed by atoms with Crippen LogP contribution < -0.4 is 15.2 Å². The van der Waals surface area contributed by atoms with Gasteiger partial charge in [0.2, 0.25) is 5.91 Å². The Labute approximate surface area is 161 Å². The van der Waals surface area contributed by atoms with Crippen molar-refractivity contribution in [1.29, 1.82) is 0 Å². The van der Waals surface area contributed by atoms with Gasteiger partial charge in [-0.05, 0) is 18.2 Å². The number of nitrogens with zero attached hydrogens (tertiary/aromatic N) is 2. The Morgan fingerprint density at radius 1 is 1.04 bits per heavy atom. The van der Waals surface area contributed by atoms with E-state index in [-0.39, 0.29) is 23.4 Å². The van der Waals surface area contributed by atoms with E-state index in [0.29, 0.717) is 23.7 Å². The molecule has 1 aromatic heterocycles. The van der Waals surface area contributed by atoms with Crippen molar-refractivity contribution >= 4 is 40.7 Å². The molecule has 1 aliphatic rings. The third kappa shape index (κ3) is 4.45. The summed E-state index contributed by atoms with van der Waals surface area (Å²) in [6.45, 7) is 2.70. The number of aromatic amines is 1.